The molecule has 1 aliphatic rings. The van der Waals surface area contributed by atoms with Crippen molar-refractivity contribution in [1.29, 1.82) is 0 Å². The van der Waals surface area contributed by atoms with E-state index in [1.54, 1.807) is 0 Å². The maximum atomic E-state index is 14.0. The Labute approximate surface area is 151 Å². The molecule has 1 nitrogen and oxygen atoms in total. The highest BCUT2D eigenvalue weighted by Gasteiger charge is 2.75. The van der Waals surface area contributed by atoms with E-state index in [1.165, 1.54) is 6.07 Å². The van der Waals surface area contributed by atoms with E-state index in [0.717, 1.165) is 44.6 Å². The van der Waals surface area contributed by atoms with E-state index in [1.807, 2.05) is 0 Å². The summed E-state index contributed by atoms with van der Waals surface area (Å²) in [5.41, 5.74) is 0.487. The van der Waals surface area contributed by atoms with Crippen molar-refractivity contribution >= 4 is 0 Å². The summed E-state index contributed by atoms with van der Waals surface area (Å²) in [4.78, 5) is 0. The highest BCUT2D eigenvalue weighted by molar-refractivity contribution is 5.32. The number of alkyl halides is 7. The second-order valence-corrected chi connectivity index (χ2v) is 6.89. The average molecular weight is 404 g/mol. The van der Waals surface area contributed by atoms with Gasteiger partial charge in [0, 0.05) is 0 Å². The maximum Gasteiger partial charge on any atom is 0.474 e. The Hall–Kier alpha value is -1.54. The molecule has 1 aromatic carbocycles. The summed E-state index contributed by atoms with van der Waals surface area (Å²) in [6.07, 6.45) is -6.90. The summed E-state index contributed by atoms with van der Waals surface area (Å²) in [6.45, 7) is 2.08. The van der Waals surface area contributed by atoms with E-state index in [4.69, 9.17) is 0 Å². The molecule has 0 aliphatic heterocycles. The van der Waals surface area contributed by atoms with Gasteiger partial charge in [0.05, 0.1) is 0 Å². The molecule has 0 atom stereocenters. The SMILES string of the molecule is CCCC1CCC(c2ccc(OC(F)(F)C(F)(F)C(F)(F)F)c(F)c2)CC1. The minimum atomic E-state index is -6.54. The topological polar surface area (TPSA) is 9.23 Å². The Bertz CT molecular complexity index is 633. The number of ether oxygens (including phenoxy) is 1. The van der Waals surface area contributed by atoms with Crippen molar-refractivity contribution < 1.29 is 39.9 Å². The molecule has 1 aromatic rings. The molecule has 0 N–H and O–H groups in total. The highest BCUT2D eigenvalue weighted by atomic mass is 19.4. The molecule has 0 unspecified atom stereocenters. The predicted octanol–water partition coefficient (Wildman–Crippen LogP) is 7.07. The normalized spacial score (nSPS) is 22.0. The largest absolute Gasteiger partial charge is 0.474 e. The number of hydrogen-bond acceptors (Lipinski definition) is 1. The smallest absolute Gasteiger partial charge is 0.425 e. The number of benzene rings is 1. The fraction of sp³-hybridized carbons (Fsp3) is 0.667. The molecule has 27 heavy (non-hydrogen) atoms. The molecule has 0 saturated heterocycles. The molecule has 0 bridgehead atoms. The van der Waals surface area contributed by atoms with Gasteiger partial charge >= 0.3 is 18.2 Å². The summed E-state index contributed by atoms with van der Waals surface area (Å²) in [6, 6.07) is 2.76. The summed E-state index contributed by atoms with van der Waals surface area (Å²) < 4.78 is 106. The third kappa shape index (κ3) is 4.66. The van der Waals surface area contributed by atoms with Gasteiger partial charge in [-0.1, -0.05) is 25.8 Å². The first-order valence-corrected chi connectivity index (χ1v) is 8.70. The molecule has 0 spiro atoms. The van der Waals surface area contributed by atoms with Crippen LogP contribution in [0.5, 0.6) is 5.75 Å². The molecule has 0 aromatic heterocycles. The van der Waals surface area contributed by atoms with Crippen LogP contribution in [0, 0.1) is 11.7 Å². The Balaban J connectivity index is 2.11. The molecule has 0 radical (unpaired) electrons. The van der Waals surface area contributed by atoms with Crippen LogP contribution in [-0.4, -0.2) is 18.2 Å². The summed E-state index contributed by atoms with van der Waals surface area (Å²) in [5, 5.41) is 0. The summed E-state index contributed by atoms with van der Waals surface area (Å²) in [5.74, 6) is -8.64. The van der Waals surface area contributed by atoms with E-state index >= 15 is 0 Å². The number of hydrogen-bond donors (Lipinski definition) is 0. The van der Waals surface area contributed by atoms with Gasteiger partial charge in [0.1, 0.15) is 0 Å². The van der Waals surface area contributed by atoms with Crippen LogP contribution in [-0.2, 0) is 0 Å². The molecular formula is C18H20F8O. The van der Waals surface area contributed by atoms with Gasteiger partial charge in [-0.15, -0.1) is 0 Å². The molecule has 1 aliphatic carbocycles. The van der Waals surface area contributed by atoms with Crippen LogP contribution < -0.4 is 4.74 Å². The van der Waals surface area contributed by atoms with E-state index in [-0.39, 0.29) is 5.92 Å². The van der Waals surface area contributed by atoms with Gasteiger partial charge in [-0.05, 0) is 55.2 Å². The van der Waals surface area contributed by atoms with Crippen molar-refractivity contribution in [2.45, 2.75) is 69.6 Å². The van der Waals surface area contributed by atoms with Crippen LogP contribution in [0.15, 0.2) is 18.2 Å². The van der Waals surface area contributed by atoms with Crippen LogP contribution in [0.25, 0.3) is 0 Å². The van der Waals surface area contributed by atoms with Crippen LogP contribution >= 0.6 is 0 Å². The second-order valence-electron chi connectivity index (χ2n) is 6.89. The second kappa shape index (κ2) is 7.83. The van der Waals surface area contributed by atoms with Crippen LogP contribution in [0.3, 0.4) is 0 Å². The predicted molar refractivity (Wildman–Crippen MR) is 82.6 cm³/mol. The zero-order valence-corrected chi connectivity index (χ0v) is 14.6. The minimum absolute atomic E-state index is 0.0150. The van der Waals surface area contributed by atoms with E-state index in [0.29, 0.717) is 17.5 Å². The minimum Gasteiger partial charge on any atom is -0.425 e. The first kappa shape index (κ1) is 21.8. The lowest BCUT2D eigenvalue weighted by Crippen LogP contribution is -2.55. The molecular weight excluding hydrogens is 384 g/mol. The molecule has 1 saturated carbocycles. The lowest BCUT2D eigenvalue weighted by Gasteiger charge is -2.29. The van der Waals surface area contributed by atoms with Gasteiger partial charge in [0.25, 0.3) is 0 Å². The van der Waals surface area contributed by atoms with Gasteiger partial charge in [-0.2, -0.15) is 30.7 Å². The quantitative estimate of drug-likeness (QED) is 0.461. The van der Waals surface area contributed by atoms with Gasteiger partial charge in [0.2, 0.25) is 0 Å². The van der Waals surface area contributed by atoms with Gasteiger partial charge in [0.15, 0.2) is 11.6 Å². The lowest BCUT2D eigenvalue weighted by molar-refractivity contribution is -0.403. The van der Waals surface area contributed by atoms with Crippen molar-refractivity contribution in [3.63, 3.8) is 0 Å². The molecule has 0 amide bonds. The number of rotatable bonds is 6. The van der Waals surface area contributed by atoms with Crippen LogP contribution in [0.4, 0.5) is 35.1 Å². The molecule has 0 heterocycles. The third-order valence-corrected chi connectivity index (χ3v) is 4.93. The first-order chi connectivity index (χ1) is 12.4. The fourth-order valence-electron chi connectivity index (χ4n) is 3.41. The lowest BCUT2D eigenvalue weighted by atomic mass is 9.77. The van der Waals surface area contributed by atoms with Crippen LogP contribution in [0.2, 0.25) is 0 Å². The summed E-state index contributed by atoms with van der Waals surface area (Å²) in [7, 11) is 0. The summed E-state index contributed by atoms with van der Waals surface area (Å²) >= 11 is 0. The molecule has 2 rings (SSSR count). The van der Waals surface area contributed by atoms with E-state index in [9.17, 15) is 35.1 Å². The molecule has 1 fully saturated rings. The monoisotopic (exact) mass is 404 g/mol. The standard InChI is InChI=1S/C18H20F8O/c1-2-3-11-4-6-12(7-5-11)13-8-9-15(14(19)10-13)27-18(25,26)16(20,21)17(22,23)24/h8-12H,2-7H2,1H3. The first-order valence-electron chi connectivity index (χ1n) is 8.70. The van der Waals surface area contributed by atoms with E-state index in [2.05, 4.69) is 11.7 Å². The van der Waals surface area contributed by atoms with Crippen molar-refractivity contribution in [2.75, 3.05) is 0 Å². The van der Waals surface area contributed by atoms with Crippen LogP contribution in [0.1, 0.15) is 56.9 Å². The van der Waals surface area contributed by atoms with Crippen molar-refractivity contribution in [3.05, 3.63) is 29.6 Å². The number of halogens is 8. The Morgan fingerprint density at radius 1 is 0.963 bits per heavy atom. The maximum absolute atomic E-state index is 14.0. The third-order valence-electron chi connectivity index (χ3n) is 4.93. The van der Waals surface area contributed by atoms with Crippen molar-refractivity contribution in [2.24, 2.45) is 5.92 Å². The van der Waals surface area contributed by atoms with Crippen molar-refractivity contribution in [1.82, 2.24) is 0 Å². The Morgan fingerprint density at radius 2 is 1.56 bits per heavy atom. The van der Waals surface area contributed by atoms with E-state index < -0.39 is 29.8 Å². The Kier molecular flexibility index (Phi) is 6.31. The molecule has 154 valence electrons. The highest BCUT2D eigenvalue weighted by Crippen LogP contribution is 2.47. The van der Waals surface area contributed by atoms with Gasteiger partial charge < -0.3 is 4.74 Å². The van der Waals surface area contributed by atoms with Crippen molar-refractivity contribution in [3.8, 4) is 5.75 Å². The van der Waals surface area contributed by atoms with Gasteiger partial charge in [-0.25, -0.2) is 4.39 Å². The molecule has 9 heteroatoms. The zero-order chi connectivity index (χ0) is 20.5. The Morgan fingerprint density at radius 3 is 2.04 bits per heavy atom. The fourth-order valence-corrected chi connectivity index (χ4v) is 3.41. The van der Waals surface area contributed by atoms with Gasteiger partial charge in [-0.3, -0.25) is 0 Å². The zero-order valence-electron chi connectivity index (χ0n) is 14.6. The average Bonchev–Trinajstić information content (AvgIpc) is 2.56.